The predicted octanol–water partition coefficient (Wildman–Crippen LogP) is 2.52. The van der Waals surface area contributed by atoms with Gasteiger partial charge in [-0.1, -0.05) is 12.5 Å². The lowest BCUT2D eigenvalue weighted by molar-refractivity contribution is -0.0925. The summed E-state index contributed by atoms with van der Waals surface area (Å²) < 4.78 is 35.2. The number of ether oxygens (including phenoxy) is 4. The molecule has 2 aliphatic rings. The van der Waals surface area contributed by atoms with Crippen LogP contribution in [0.15, 0.2) is 12.7 Å². The van der Waals surface area contributed by atoms with Gasteiger partial charge in [0.2, 0.25) is 0 Å². The Kier molecular flexibility index (Phi) is 9.61. The topological polar surface area (TPSA) is 55.4 Å². The molecule has 2 rings (SSSR count). The second-order valence-electron chi connectivity index (χ2n) is 6.91. The molecule has 146 valence electrons. The van der Waals surface area contributed by atoms with Crippen LogP contribution in [0.25, 0.3) is 0 Å². The smallest absolute Gasteiger partial charge is 0.332 e. The van der Waals surface area contributed by atoms with Crippen molar-refractivity contribution in [2.24, 2.45) is 5.92 Å². The molecule has 7 heteroatoms. The Balaban J connectivity index is 1.95. The molecule has 3 unspecified atom stereocenters. The Morgan fingerprint density at radius 1 is 0.840 bits per heavy atom. The first kappa shape index (κ1) is 21.0. The van der Waals surface area contributed by atoms with Crippen LogP contribution in [0.4, 0.5) is 0 Å². The normalized spacial score (nSPS) is 33.8. The van der Waals surface area contributed by atoms with Gasteiger partial charge in [0.15, 0.2) is 0 Å². The Labute approximate surface area is 153 Å². The van der Waals surface area contributed by atoms with E-state index in [1.165, 1.54) is 0 Å². The summed E-state index contributed by atoms with van der Waals surface area (Å²) in [6, 6.07) is 0. The fourth-order valence-corrected chi connectivity index (χ4v) is 4.92. The molecule has 0 amide bonds. The molecule has 6 nitrogen and oxygen atoms in total. The first-order valence-corrected chi connectivity index (χ1v) is 12.2. The first-order valence-electron chi connectivity index (χ1n) is 9.41. The van der Waals surface area contributed by atoms with Gasteiger partial charge < -0.3 is 27.8 Å². The third kappa shape index (κ3) is 7.86. The average Bonchev–Trinajstić information content (AvgIpc) is 2.59. The van der Waals surface area contributed by atoms with Crippen molar-refractivity contribution in [3.63, 3.8) is 0 Å². The molecule has 0 aromatic rings. The Morgan fingerprint density at radius 3 is 2.08 bits per heavy atom. The first-order chi connectivity index (χ1) is 12.1. The van der Waals surface area contributed by atoms with Gasteiger partial charge in [0.05, 0.1) is 65.1 Å². The number of rotatable bonds is 1. The fourth-order valence-electron chi connectivity index (χ4n) is 3.30. The van der Waals surface area contributed by atoms with Crippen LogP contribution in [0.1, 0.15) is 19.3 Å². The molecule has 1 aliphatic heterocycles. The maximum Gasteiger partial charge on any atom is 0.332 e. The summed E-state index contributed by atoms with van der Waals surface area (Å²) in [4.78, 5) is 0. The van der Waals surface area contributed by atoms with Crippen molar-refractivity contribution < 1.29 is 27.8 Å². The van der Waals surface area contributed by atoms with Gasteiger partial charge in [-0.3, -0.25) is 0 Å². The van der Waals surface area contributed by atoms with Crippen LogP contribution >= 0.6 is 0 Å². The van der Waals surface area contributed by atoms with Crippen molar-refractivity contribution in [1.29, 1.82) is 0 Å². The van der Waals surface area contributed by atoms with Gasteiger partial charge in [-0.25, -0.2) is 0 Å². The van der Waals surface area contributed by atoms with Crippen LogP contribution in [0.3, 0.4) is 0 Å². The highest BCUT2D eigenvalue weighted by atomic mass is 28.4. The highest BCUT2D eigenvalue weighted by Gasteiger charge is 2.38. The maximum atomic E-state index is 6.42. The van der Waals surface area contributed by atoms with Gasteiger partial charge in [0.25, 0.3) is 0 Å². The highest BCUT2D eigenvalue weighted by molar-refractivity contribution is 6.64. The van der Waals surface area contributed by atoms with Crippen molar-refractivity contribution in [3.05, 3.63) is 12.7 Å². The molecule has 1 saturated carbocycles. The standard InChI is InChI=1S/C18H34O6Si/c1-4-16-6-5-7-17-18(16)22-14-12-20-10-8-19-9-11-21-13-15-23-25(2,3)24-17/h4,16-18H,1,5-15H2,2-3H3. The lowest BCUT2D eigenvalue weighted by atomic mass is 9.84. The zero-order valence-corrected chi connectivity index (χ0v) is 16.7. The second-order valence-corrected chi connectivity index (χ2v) is 10.2. The van der Waals surface area contributed by atoms with E-state index in [0.29, 0.717) is 58.8 Å². The predicted molar refractivity (Wildman–Crippen MR) is 98.0 cm³/mol. The van der Waals surface area contributed by atoms with Crippen molar-refractivity contribution in [3.8, 4) is 0 Å². The molecule has 0 aromatic heterocycles. The summed E-state index contributed by atoms with van der Waals surface area (Å²) in [6.07, 6.45) is 5.30. The molecule has 3 atom stereocenters. The summed E-state index contributed by atoms with van der Waals surface area (Å²) in [5.74, 6) is 0.317. The van der Waals surface area contributed by atoms with Gasteiger partial charge in [-0.15, -0.1) is 6.58 Å². The van der Waals surface area contributed by atoms with Crippen molar-refractivity contribution in [2.45, 2.75) is 44.6 Å². The monoisotopic (exact) mass is 374 g/mol. The molecule has 1 saturated heterocycles. The highest BCUT2D eigenvalue weighted by Crippen LogP contribution is 2.32. The fraction of sp³-hybridized carbons (Fsp3) is 0.889. The van der Waals surface area contributed by atoms with E-state index in [9.17, 15) is 0 Å². The number of hydrogen-bond donors (Lipinski definition) is 0. The Morgan fingerprint density at radius 2 is 1.44 bits per heavy atom. The summed E-state index contributed by atoms with van der Waals surface area (Å²) in [7, 11) is -2.24. The van der Waals surface area contributed by atoms with Gasteiger partial charge >= 0.3 is 8.56 Å². The number of hydrogen-bond acceptors (Lipinski definition) is 6. The molecular formula is C18H34O6Si. The summed E-state index contributed by atoms with van der Waals surface area (Å²) in [5.41, 5.74) is 0. The van der Waals surface area contributed by atoms with E-state index < -0.39 is 8.56 Å². The molecule has 0 radical (unpaired) electrons. The van der Waals surface area contributed by atoms with E-state index in [2.05, 4.69) is 19.7 Å². The van der Waals surface area contributed by atoms with Crippen LogP contribution in [0.2, 0.25) is 13.1 Å². The van der Waals surface area contributed by atoms with Crippen LogP contribution in [0, 0.1) is 5.92 Å². The van der Waals surface area contributed by atoms with E-state index in [0.717, 1.165) is 19.3 Å². The van der Waals surface area contributed by atoms with E-state index in [4.69, 9.17) is 27.8 Å². The maximum absolute atomic E-state index is 6.42. The molecule has 1 aliphatic carbocycles. The van der Waals surface area contributed by atoms with Crippen molar-refractivity contribution >= 4 is 8.56 Å². The molecule has 0 aromatic carbocycles. The largest absolute Gasteiger partial charge is 0.392 e. The Hall–Kier alpha value is -0.283. The number of fused-ring (bicyclic) bond motifs is 1. The molecule has 0 spiro atoms. The molecular weight excluding hydrogens is 340 g/mol. The quantitative estimate of drug-likeness (QED) is 0.519. The second kappa shape index (κ2) is 11.4. The minimum atomic E-state index is -2.24. The van der Waals surface area contributed by atoms with Crippen molar-refractivity contribution in [2.75, 3.05) is 52.9 Å². The van der Waals surface area contributed by atoms with Crippen LogP contribution in [0.5, 0.6) is 0 Å². The summed E-state index contributed by atoms with van der Waals surface area (Å²) in [5, 5.41) is 0. The van der Waals surface area contributed by atoms with Crippen LogP contribution in [-0.2, 0) is 27.8 Å². The van der Waals surface area contributed by atoms with E-state index in [-0.39, 0.29) is 12.2 Å². The van der Waals surface area contributed by atoms with Gasteiger partial charge in [0.1, 0.15) is 0 Å². The summed E-state index contributed by atoms with van der Waals surface area (Å²) >= 11 is 0. The lowest BCUT2D eigenvalue weighted by Gasteiger charge is -2.40. The van der Waals surface area contributed by atoms with Gasteiger partial charge in [-0.2, -0.15) is 0 Å². The average molecular weight is 375 g/mol. The molecule has 2 fully saturated rings. The molecule has 0 N–H and O–H groups in total. The van der Waals surface area contributed by atoms with E-state index in [1.54, 1.807) is 0 Å². The van der Waals surface area contributed by atoms with E-state index in [1.807, 2.05) is 6.08 Å². The van der Waals surface area contributed by atoms with Crippen molar-refractivity contribution in [1.82, 2.24) is 0 Å². The van der Waals surface area contributed by atoms with Crippen LogP contribution < -0.4 is 0 Å². The lowest BCUT2D eigenvalue weighted by Crippen LogP contribution is -2.48. The summed E-state index contributed by atoms with van der Waals surface area (Å²) in [6.45, 7) is 12.7. The van der Waals surface area contributed by atoms with Gasteiger partial charge in [0, 0.05) is 5.92 Å². The minimum Gasteiger partial charge on any atom is -0.392 e. The Bertz CT molecular complexity index is 379. The van der Waals surface area contributed by atoms with E-state index >= 15 is 0 Å². The van der Waals surface area contributed by atoms with Crippen LogP contribution in [-0.4, -0.2) is 73.6 Å². The van der Waals surface area contributed by atoms with Gasteiger partial charge in [-0.05, 0) is 25.9 Å². The third-order valence-corrected chi connectivity index (χ3v) is 6.28. The third-order valence-electron chi connectivity index (χ3n) is 4.51. The zero-order valence-electron chi connectivity index (χ0n) is 15.7. The molecule has 1 heterocycles. The minimum absolute atomic E-state index is 0.0217. The zero-order chi connectivity index (χ0) is 18.0. The molecule has 25 heavy (non-hydrogen) atoms. The SMILES string of the molecule is C=CC1CCCC2O[Si](C)(C)OCCOCCOCCOCCOC12. The molecule has 0 bridgehead atoms.